The van der Waals surface area contributed by atoms with Gasteiger partial charge in [-0.05, 0) is 58.1 Å². The standard InChI is InChI=1S/C33H23ClOS/c34-27-17-14-24(15-18-27)29-21-26(16-19-30(29)35)23-10-12-25(13-11-23)33-28-8-4-5-9-31(28)36-32(33)20-22-6-2-1-3-7-22/h1-19,21,35H,20H2. The Labute approximate surface area is 219 Å². The summed E-state index contributed by atoms with van der Waals surface area (Å²) in [5.74, 6) is 0.257. The molecule has 174 valence electrons. The molecule has 1 N–H and O–H groups in total. The van der Waals surface area contributed by atoms with Gasteiger partial charge in [-0.1, -0.05) is 103 Å². The Kier molecular flexibility index (Phi) is 6.06. The Bertz CT molecular complexity index is 1650. The second kappa shape index (κ2) is 9.66. The highest BCUT2D eigenvalue weighted by atomic mass is 35.5. The van der Waals surface area contributed by atoms with Crippen molar-refractivity contribution in [1.82, 2.24) is 0 Å². The van der Waals surface area contributed by atoms with E-state index in [1.807, 2.05) is 47.7 Å². The Hall–Kier alpha value is -3.85. The summed E-state index contributed by atoms with van der Waals surface area (Å²) in [6.45, 7) is 0. The predicted octanol–water partition coefficient (Wildman–Crippen LogP) is 9.85. The Morgan fingerprint density at radius 3 is 2.03 bits per heavy atom. The van der Waals surface area contributed by atoms with Crippen LogP contribution in [-0.4, -0.2) is 5.11 Å². The van der Waals surface area contributed by atoms with Gasteiger partial charge in [-0.15, -0.1) is 11.3 Å². The van der Waals surface area contributed by atoms with Gasteiger partial charge in [0, 0.05) is 37.5 Å². The van der Waals surface area contributed by atoms with Gasteiger partial charge >= 0.3 is 0 Å². The topological polar surface area (TPSA) is 20.2 Å². The second-order valence-electron chi connectivity index (χ2n) is 8.87. The smallest absolute Gasteiger partial charge is 0.123 e. The van der Waals surface area contributed by atoms with Crippen molar-refractivity contribution < 1.29 is 5.11 Å². The Morgan fingerprint density at radius 1 is 0.611 bits per heavy atom. The van der Waals surface area contributed by atoms with Gasteiger partial charge in [0.15, 0.2) is 0 Å². The molecule has 1 heterocycles. The zero-order valence-electron chi connectivity index (χ0n) is 19.5. The number of benzene rings is 5. The highest BCUT2D eigenvalue weighted by Crippen LogP contribution is 2.41. The van der Waals surface area contributed by atoms with Crippen molar-refractivity contribution in [3.05, 3.63) is 137 Å². The van der Waals surface area contributed by atoms with E-state index in [-0.39, 0.29) is 5.75 Å². The number of rotatable bonds is 5. The third-order valence-electron chi connectivity index (χ3n) is 6.53. The molecule has 36 heavy (non-hydrogen) atoms. The van der Waals surface area contributed by atoms with E-state index in [2.05, 4.69) is 78.9 Å². The molecule has 0 aliphatic heterocycles. The number of phenols is 1. The summed E-state index contributed by atoms with van der Waals surface area (Å²) >= 11 is 7.93. The molecule has 0 atom stereocenters. The summed E-state index contributed by atoms with van der Waals surface area (Å²) in [4.78, 5) is 1.38. The SMILES string of the molecule is Oc1ccc(-c2ccc(-c3c(Cc4ccccc4)sc4ccccc34)cc2)cc1-c1ccc(Cl)cc1. The average Bonchev–Trinajstić information content (AvgIpc) is 3.28. The molecule has 0 saturated heterocycles. The minimum atomic E-state index is 0.257. The molecular weight excluding hydrogens is 480 g/mol. The first kappa shape index (κ1) is 22.6. The zero-order valence-corrected chi connectivity index (χ0v) is 21.1. The maximum atomic E-state index is 10.5. The van der Waals surface area contributed by atoms with Crippen LogP contribution in [0, 0.1) is 0 Å². The lowest BCUT2D eigenvalue weighted by molar-refractivity contribution is 0.477. The van der Waals surface area contributed by atoms with E-state index in [1.54, 1.807) is 6.07 Å². The van der Waals surface area contributed by atoms with Gasteiger partial charge in [0.05, 0.1) is 0 Å². The van der Waals surface area contributed by atoms with Crippen LogP contribution in [0.15, 0.2) is 121 Å². The molecule has 6 rings (SSSR count). The molecule has 6 aromatic rings. The monoisotopic (exact) mass is 502 g/mol. The third-order valence-corrected chi connectivity index (χ3v) is 7.96. The molecule has 0 aliphatic rings. The van der Waals surface area contributed by atoms with Gasteiger partial charge in [0.1, 0.15) is 5.75 Å². The molecule has 1 aromatic heterocycles. The largest absolute Gasteiger partial charge is 0.507 e. The minimum Gasteiger partial charge on any atom is -0.507 e. The van der Waals surface area contributed by atoms with Crippen LogP contribution in [0.4, 0.5) is 0 Å². The summed E-state index contributed by atoms with van der Waals surface area (Å²) in [5.41, 5.74) is 7.76. The van der Waals surface area contributed by atoms with Crippen molar-refractivity contribution in [2.75, 3.05) is 0 Å². The molecule has 0 fully saturated rings. The molecular formula is C33H23ClOS. The van der Waals surface area contributed by atoms with Crippen LogP contribution in [0.5, 0.6) is 5.75 Å². The van der Waals surface area contributed by atoms with Crippen molar-refractivity contribution >= 4 is 33.0 Å². The van der Waals surface area contributed by atoms with E-state index in [0.29, 0.717) is 5.02 Å². The van der Waals surface area contributed by atoms with Gasteiger partial charge < -0.3 is 5.11 Å². The lowest BCUT2D eigenvalue weighted by Gasteiger charge is -2.10. The molecule has 0 bridgehead atoms. The summed E-state index contributed by atoms with van der Waals surface area (Å²) in [6.07, 6.45) is 0.916. The van der Waals surface area contributed by atoms with Crippen LogP contribution < -0.4 is 0 Å². The van der Waals surface area contributed by atoms with Gasteiger partial charge in [-0.2, -0.15) is 0 Å². The third kappa shape index (κ3) is 4.42. The number of fused-ring (bicyclic) bond motifs is 1. The summed E-state index contributed by atoms with van der Waals surface area (Å²) < 4.78 is 1.31. The normalized spacial score (nSPS) is 11.1. The quantitative estimate of drug-likeness (QED) is 0.248. The first-order chi connectivity index (χ1) is 17.7. The van der Waals surface area contributed by atoms with Crippen LogP contribution in [0.2, 0.25) is 5.02 Å². The fourth-order valence-electron chi connectivity index (χ4n) is 4.72. The molecule has 3 heteroatoms. The fraction of sp³-hybridized carbons (Fsp3) is 0.0303. The number of hydrogen-bond acceptors (Lipinski definition) is 2. The molecule has 5 aromatic carbocycles. The highest BCUT2D eigenvalue weighted by Gasteiger charge is 2.15. The highest BCUT2D eigenvalue weighted by molar-refractivity contribution is 7.19. The van der Waals surface area contributed by atoms with E-state index in [4.69, 9.17) is 11.6 Å². The number of thiophene rings is 1. The van der Waals surface area contributed by atoms with Crippen LogP contribution in [0.25, 0.3) is 43.5 Å². The second-order valence-corrected chi connectivity index (χ2v) is 10.4. The summed E-state index contributed by atoms with van der Waals surface area (Å²) in [7, 11) is 0. The van der Waals surface area contributed by atoms with Gasteiger partial charge in [0.25, 0.3) is 0 Å². The van der Waals surface area contributed by atoms with E-state index >= 15 is 0 Å². The minimum absolute atomic E-state index is 0.257. The zero-order chi connectivity index (χ0) is 24.5. The molecule has 1 nitrogen and oxygen atoms in total. The van der Waals surface area contributed by atoms with E-state index in [9.17, 15) is 5.11 Å². The van der Waals surface area contributed by atoms with E-state index in [1.165, 1.54) is 31.7 Å². The van der Waals surface area contributed by atoms with Crippen molar-refractivity contribution in [2.45, 2.75) is 6.42 Å². The number of hydrogen-bond donors (Lipinski definition) is 1. The van der Waals surface area contributed by atoms with Crippen LogP contribution >= 0.6 is 22.9 Å². The molecule has 0 amide bonds. The number of aromatic hydroxyl groups is 1. The molecule has 0 spiro atoms. The maximum absolute atomic E-state index is 10.5. The molecule has 0 aliphatic carbocycles. The van der Waals surface area contributed by atoms with Crippen LogP contribution in [0.1, 0.15) is 10.4 Å². The molecule has 0 unspecified atom stereocenters. The first-order valence-electron chi connectivity index (χ1n) is 11.9. The molecule has 0 saturated carbocycles. The van der Waals surface area contributed by atoms with Gasteiger partial charge in [-0.25, -0.2) is 0 Å². The van der Waals surface area contributed by atoms with Crippen LogP contribution in [0.3, 0.4) is 0 Å². The Morgan fingerprint density at radius 2 is 1.25 bits per heavy atom. The number of phenolic OH excluding ortho intramolecular Hbond substituents is 1. The lowest BCUT2D eigenvalue weighted by atomic mass is 9.95. The maximum Gasteiger partial charge on any atom is 0.123 e. The van der Waals surface area contributed by atoms with Crippen LogP contribution in [-0.2, 0) is 6.42 Å². The van der Waals surface area contributed by atoms with Crippen molar-refractivity contribution in [1.29, 1.82) is 0 Å². The average molecular weight is 503 g/mol. The van der Waals surface area contributed by atoms with Gasteiger partial charge in [0.2, 0.25) is 0 Å². The van der Waals surface area contributed by atoms with Crippen molar-refractivity contribution in [3.8, 4) is 39.1 Å². The number of halogens is 1. The van der Waals surface area contributed by atoms with Crippen molar-refractivity contribution in [3.63, 3.8) is 0 Å². The first-order valence-corrected chi connectivity index (χ1v) is 13.1. The van der Waals surface area contributed by atoms with Crippen molar-refractivity contribution in [2.24, 2.45) is 0 Å². The summed E-state index contributed by atoms with van der Waals surface area (Å²) in [6, 6.07) is 41.4. The Balaban J connectivity index is 1.39. The van der Waals surface area contributed by atoms with Gasteiger partial charge in [-0.3, -0.25) is 0 Å². The molecule has 0 radical (unpaired) electrons. The van der Waals surface area contributed by atoms with E-state index < -0.39 is 0 Å². The lowest BCUT2D eigenvalue weighted by Crippen LogP contribution is -1.88. The predicted molar refractivity (Wildman–Crippen MR) is 154 cm³/mol. The van der Waals surface area contributed by atoms with E-state index in [0.717, 1.165) is 28.7 Å². The summed E-state index contributed by atoms with van der Waals surface area (Å²) in [5, 5.41) is 12.5. The fourth-order valence-corrected chi connectivity index (χ4v) is 6.11.